The molecule has 2 fully saturated rings. The molecule has 0 aromatic rings. The molecule has 120 valence electrons. The minimum Gasteiger partial charge on any atom is -0.480 e. The van der Waals surface area contributed by atoms with Crippen LogP contribution in [0.3, 0.4) is 0 Å². The quantitative estimate of drug-likeness (QED) is 0.822. The van der Waals surface area contributed by atoms with Gasteiger partial charge in [-0.25, -0.2) is 9.59 Å². The molecule has 2 aliphatic heterocycles. The van der Waals surface area contributed by atoms with E-state index in [1.165, 1.54) is 4.90 Å². The number of piperidine rings is 1. The van der Waals surface area contributed by atoms with Crippen LogP contribution in [0.1, 0.15) is 39.0 Å². The first-order valence-electron chi connectivity index (χ1n) is 8.00. The normalized spacial score (nSPS) is 30.4. The summed E-state index contributed by atoms with van der Waals surface area (Å²) in [6.45, 7) is 4.30. The van der Waals surface area contributed by atoms with Gasteiger partial charge in [0.15, 0.2) is 0 Å². The number of hydrogen-bond acceptors (Lipinski definition) is 3. The van der Waals surface area contributed by atoms with E-state index in [0.717, 1.165) is 32.2 Å². The molecule has 0 aromatic heterocycles. The lowest BCUT2D eigenvalue weighted by atomic mass is 9.89. The fraction of sp³-hybridized carbons (Fsp3) is 0.867. The number of hydrogen-bond donors (Lipinski definition) is 2. The summed E-state index contributed by atoms with van der Waals surface area (Å²) in [6.07, 6.45) is 4.71. The number of carboxylic acid groups (broad SMARTS) is 1. The zero-order chi connectivity index (χ0) is 15.4. The second-order valence-electron chi connectivity index (χ2n) is 6.31. The van der Waals surface area contributed by atoms with Gasteiger partial charge in [-0.05, 0) is 45.2 Å². The van der Waals surface area contributed by atoms with Gasteiger partial charge in [-0.1, -0.05) is 13.3 Å². The molecule has 0 radical (unpaired) electrons. The van der Waals surface area contributed by atoms with Gasteiger partial charge in [-0.3, -0.25) is 0 Å². The van der Waals surface area contributed by atoms with Crippen molar-refractivity contribution in [3.8, 4) is 0 Å². The molecule has 0 aliphatic carbocycles. The van der Waals surface area contributed by atoms with Crippen LogP contribution < -0.4 is 5.32 Å². The highest BCUT2D eigenvalue weighted by Gasteiger charge is 2.35. The van der Waals surface area contributed by atoms with Crippen molar-refractivity contribution in [2.24, 2.45) is 5.92 Å². The Hall–Kier alpha value is -1.30. The maximum absolute atomic E-state index is 12.3. The maximum Gasteiger partial charge on any atom is 0.326 e. The number of aliphatic carboxylic acids is 1. The van der Waals surface area contributed by atoms with E-state index >= 15 is 0 Å². The molecular weight excluding hydrogens is 270 g/mol. The van der Waals surface area contributed by atoms with E-state index in [-0.39, 0.29) is 6.03 Å². The maximum atomic E-state index is 12.3. The summed E-state index contributed by atoms with van der Waals surface area (Å²) in [5.41, 5.74) is 0. The van der Waals surface area contributed by atoms with Crippen molar-refractivity contribution in [3.05, 3.63) is 0 Å². The minimum atomic E-state index is -0.888. The third-order valence-electron chi connectivity index (χ3n) is 4.99. The number of carboxylic acids is 1. The van der Waals surface area contributed by atoms with Crippen molar-refractivity contribution in [2.75, 3.05) is 26.7 Å². The Morgan fingerprint density at radius 2 is 2.05 bits per heavy atom. The molecular formula is C15H27N3O3. The van der Waals surface area contributed by atoms with E-state index in [1.807, 2.05) is 0 Å². The largest absolute Gasteiger partial charge is 0.480 e. The van der Waals surface area contributed by atoms with Crippen LogP contribution in [-0.4, -0.2) is 65.7 Å². The summed E-state index contributed by atoms with van der Waals surface area (Å²) in [6, 6.07) is -0.521. The van der Waals surface area contributed by atoms with Gasteiger partial charge < -0.3 is 20.2 Å². The van der Waals surface area contributed by atoms with Gasteiger partial charge >= 0.3 is 12.0 Å². The lowest BCUT2D eigenvalue weighted by Gasteiger charge is -2.37. The van der Waals surface area contributed by atoms with E-state index < -0.39 is 12.0 Å². The first-order valence-corrected chi connectivity index (χ1v) is 8.00. The van der Waals surface area contributed by atoms with Crippen LogP contribution in [0.2, 0.25) is 0 Å². The number of likely N-dealkylation sites (N-methyl/N-ethyl adjacent to an activating group) is 1. The Balaban J connectivity index is 1.89. The number of carbonyl (C=O) groups is 2. The number of urea groups is 1. The molecule has 6 heteroatoms. The van der Waals surface area contributed by atoms with Gasteiger partial charge in [0.1, 0.15) is 6.04 Å². The van der Waals surface area contributed by atoms with Crippen LogP contribution in [0.25, 0.3) is 0 Å². The molecule has 6 nitrogen and oxygen atoms in total. The minimum absolute atomic E-state index is 0.225. The predicted octanol–water partition coefficient (Wildman–Crippen LogP) is 1.37. The smallest absolute Gasteiger partial charge is 0.326 e. The molecule has 0 bridgehead atoms. The molecule has 0 aromatic carbocycles. The van der Waals surface area contributed by atoms with Gasteiger partial charge in [0.2, 0.25) is 0 Å². The van der Waals surface area contributed by atoms with E-state index in [9.17, 15) is 14.7 Å². The van der Waals surface area contributed by atoms with Crippen LogP contribution in [0, 0.1) is 5.92 Å². The molecule has 2 aliphatic rings. The number of nitrogens with zero attached hydrogens (tertiary/aromatic N) is 2. The number of nitrogens with one attached hydrogen (secondary N) is 1. The Labute approximate surface area is 126 Å². The molecule has 3 atom stereocenters. The van der Waals surface area contributed by atoms with Crippen LogP contribution >= 0.6 is 0 Å². The molecule has 2 heterocycles. The van der Waals surface area contributed by atoms with Crippen LogP contribution in [0.4, 0.5) is 4.79 Å². The van der Waals surface area contributed by atoms with E-state index in [2.05, 4.69) is 24.2 Å². The average Bonchev–Trinajstić information content (AvgIpc) is 2.89. The highest BCUT2D eigenvalue weighted by atomic mass is 16.4. The van der Waals surface area contributed by atoms with Crippen LogP contribution in [-0.2, 0) is 4.79 Å². The monoisotopic (exact) mass is 297 g/mol. The molecule has 2 saturated heterocycles. The highest BCUT2D eigenvalue weighted by Crippen LogP contribution is 2.25. The number of likely N-dealkylation sites (tertiary alicyclic amines) is 2. The summed E-state index contributed by atoms with van der Waals surface area (Å²) < 4.78 is 0. The number of rotatable bonds is 4. The standard InChI is InChI=1S/C15H27N3O3/c1-3-11-6-8-18(13(9-11)14(19)20)15(21)16-10-12-5-4-7-17(12)2/h11-13H,3-10H2,1-2H3,(H,16,21)(H,19,20). The van der Waals surface area contributed by atoms with Crippen molar-refractivity contribution < 1.29 is 14.7 Å². The predicted molar refractivity (Wildman–Crippen MR) is 80.2 cm³/mol. The first-order chi connectivity index (χ1) is 10.0. The summed E-state index contributed by atoms with van der Waals surface area (Å²) in [5, 5.41) is 12.3. The topological polar surface area (TPSA) is 72.9 Å². The molecule has 0 saturated carbocycles. The van der Waals surface area contributed by atoms with Crippen molar-refractivity contribution in [2.45, 2.75) is 51.1 Å². The number of carbonyl (C=O) groups excluding carboxylic acids is 1. The van der Waals surface area contributed by atoms with E-state index in [4.69, 9.17) is 0 Å². The zero-order valence-electron chi connectivity index (χ0n) is 13.0. The Bertz CT molecular complexity index is 388. The third-order valence-corrected chi connectivity index (χ3v) is 4.99. The molecule has 3 unspecified atom stereocenters. The van der Waals surface area contributed by atoms with Crippen molar-refractivity contribution in [1.29, 1.82) is 0 Å². The molecule has 2 rings (SSSR count). The summed E-state index contributed by atoms with van der Waals surface area (Å²) >= 11 is 0. The van der Waals surface area contributed by atoms with Gasteiger partial charge in [0.25, 0.3) is 0 Å². The van der Waals surface area contributed by atoms with Gasteiger partial charge in [0, 0.05) is 19.1 Å². The van der Waals surface area contributed by atoms with Crippen molar-refractivity contribution in [3.63, 3.8) is 0 Å². The van der Waals surface area contributed by atoms with Gasteiger partial charge in [-0.15, -0.1) is 0 Å². The first kappa shape index (κ1) is 16.1. The second kappa shape index (κ2) is 7.11. The Morgan fingerprint density at radius 1 is 1.29 bits per heavy atom. The van der Waals surface area contributed by atoms with Gasteiger partial charge in [0.05, 0.1) is 0 Å². The number of amides is 2. The summed E-state index contributed by atoms with van der Waals surface area (Å²) in [4.78, 5) is 27.5. The highest BCUT2D eigenvalue weighted by molar-refractivity contribution is 5.82. The van der Waals surface area contributed by atoms with Crippen molar-refractivity contribution in [1.82, 2.24) is 15.1 Å². The van der Waals surface area contributed by atoms with Gasteiger partial charge in [-0.2, -0.15) is 0 Å². The average molecular weight is 297 g/mol. The molecule has 0 spiro atoms. The van der Waals surface area contributed by atoms with Crippen molar-refractivity contribution >= 4 is 12.0 Å². The molecule has 2 amide bonds. The fourth-order valence-corrected chi connectivity index (χ4v) is 3.43. The Morgan fingerprint density at radius 3 is 2.62 bits per heavy atom. The van der Waals surface area contributed by atoms with Crippen LogP contribution in [0.15, 0.2) is 0 Å². The summed E-state index contributed by atoms with van der Waals surface area (Å²) in [7, 11) is 2.07. The third kappa shape index (κ3) is 3.87. The van der Waals surface area contributed by atoms with E-state index in [0.29, 0.717) is 31.5 Å². The Kier molecular flexibility index (Phi) is 5.45. The second-order valence-corrected chi connectivity index (χ2v) is 6.31. The van der Waals surface area contributed by atoms with E-state index in [1.54, 1.807) is 0 Å². The molecule has 21 heavy (non-hydrogen) atoms. The SMILES string of the molecule is CCC1CCN(C(=O)NCC2CCCN2C)C(C(=O)O)C1. The fourth-order valence-electron chi connectivity index (χ4n) is 3.43. The lowest BCUT2D eigenvalue weighted by molar-refractivity contribution is -0.144. The zero-order valence-corrected chi connectivity index (χ0v) is 13.0. The lowest BCUT2D eigenvalue weighted by Crippen LogP contribution is -2.54. The molecule has 2 N–H and O–H groups in total. The summed E-state index contributed by atoms with van der Waals surface area (Å²) in [5.74, 6) is -0.475. The van der Waals surface area contributed by atoms with Crippen LogP contribution in [0.5, 0.6) is 0 Å².